The topological polar surface area (TPSA) is 115 Å². The van der Waals surface area contributed by atoms with Gasteiger partial charge in [0.25, 0.3) is 0 Å². The van der Waals surface area contributed by atoms with Crippen molar-refractivity contribution in [3.63, 3.8) is 0 Å². The minimum Gasteiger partial charge on any atom is -0.424 e. The number of halogens is 3. The number of aromatic nitrogens is 3. The lowest BCUT2D eigenvalue weighted by atomic mass is 10.1. The van der Waals surface area contributed by atoms with Gasteiger partial charge in [-0.05, 0) is 35.9 Å². The number of ether oxygens (including phenoxy) is 1. The van der Waals surface area contributed by atoms with E-state index in [1.165, 1.54) is 18.6 Å². The van der Waals surface area contributed by atoms with Crippen molar-refractivity contribution in [3.8, 4) is 22.9 Å². The number of amides is 2. The van der Waals surface area contributed by atoms with Gasteiger partial charge in [-0.3, -0.25) is 0 Å². The summed E-state index contributed by atoms with van der Waals surface area (Å²) in [6, 6.07) is 10.8. The number of nitrogens with zero attached hydrogens (tertiary/aromatic N) is 3. The van der Waals surface area contributed by atoms with Crippen LogP contribution >= 0.6 is 11.6 Å². The highest BCUT2D eigenvalue weighted by molar-refractivity contribution is 6.30. The van der Waals surface area contributed by atoms with E-state index in [0.717, 1.165) is 17.7 Å². The van der Waals surface area contributed by atoms with Crippen LogP contribution in [-0.4, -0.2) is 21.0 Å². The molecule has 8 nitrogen and oxygen atoms in total. The molecule has 4 rings (SSSR count). The third kappa shape index (κ3) is 5.49. The lowest BCUT2D eigenvalue weighted by molar-refractivity contribution is 0.262. The van der Waals surface area contributed by atoms with Crippen molar-refractivity contribution in [2.45, 2.75) is 0 Å². The number of benzene rings is 2. The van der Waals surface area contributed by atoms with E-state index < -0.39 is 17.7 Å². The molecule has 0 atom stereocenters. The molecule has 2 aromatic heterocycles. The highest BCUT2D eigenvalue weighted by atomic mass is 35.5. The molecule has 0 fully saturated rings. The van der Waals surface area contributed by atoms with E-state index in [4.69, 9.17) is 22.1 Å². The number of nitrogen functional groups attached to an aromatic ring is 1. The zero-order valence-corrected chi connectivity index (χ0v) is 17.5. The average Bonchev–Trinajstić information content (AvgIpc) is 2.79. The number of urea groups is 1. The minimum atomic E-state index is -0.898. The van der Waals surface area contributed by atoms with Crippen LogP contribution in [0.2, 0.25) is 5.02 Å². The lowest BCUT2D eigenvalue weighted by Crippen LogP contribution is -2.20. The molecule has 0 bridgehead atoms. The van der Waals surface area contributed by atoms with Crippen LogP contribution in [-0.2, 0) is 0 Å². The molecule has 0 saturated heterocycles. The van der Waals surface area contributed by atoms with E-state index in [1.807, 2.05) is 0 Å². The van der Waals surface area contributed by atoms with Crippen LogP contribution in [0.4, 0.5) is 30.8 Å². The maximum absolute atomic E-state index is 13.6. The molecule has 2 heterocycles. The van der Waals surface area contributed by atoms with Crippen LogP contribution < -0.4 is 21.1 Å². The number of carbonyl (C=O) groups excluding carboxylic acids is 1. The summed E-state index contributed by atoms with van der Waals surface area (Å²) < 4.78 is 32.2. The van der Waals surface area contributed by atoms with Crippen LogP contribution in [0.15, 0.2) is 67.1 Å². The van der Waals surface area contributed by atoms with Crippen LogP contribution in [0.1, 0.15) is 0 Å². The van der Waals surface area contributed by atoms with Gasteiger partial charge in [0, 0.05) is 17.8 Å². The smallest absolute Gasteiger partial charge is 0.323 e. The second-order valence-corrected chi connectivity index (χ2v) is 7.11. The van der Waals surface area contributed by atoms with E-state index in [1.54, 1.807) is 30.3 Å². The highest BCUT2D eigenvalue weighted by Gasteiger charge is 2.10. The minimum absolute atomic E-state index is 0.0437. The van der Waals surface area contributed by atoms with Gasteiger partial charge in [0.2, 0.25) is 0 Å². The van der Waals surface area contributed by atoms with E-state index in [9.17, 15) is 13.6 Å². The Morgan fingerprint density at radius 1 is 0.939 bits per heavy atom. The maximum Gasteiger partial charge on any atom is 0.323 e. The molecule has 2 amide bonds. The second-order valence-electron chi connectivity index (χ2n) is 6.67. The summed E-state index contributed by atoms with van der Waals surface area (Å²) in [5, 5.41) is 5.18. The SMILES string of the molecule is Nc1ncc(Cl)cc1-c1ccc(Oc2ncc(NC(=O)Nc3ccc(F)cc3F)cn2)cc1. The molecule has 0 aliphatic carbocycles. The van der Waals surface area contributed by atoms with Crippen molar-refractivity contribution in [1.82, 2.24) is 15.0 Å². The molecular formula is C22H15ClF2N6O2. The molecule has 166 valence electrons. The Hall–Kier alpha value is -4.31. The van der Waals surface area contributed by atoms with Gasteiger partial charge in [0.1, 0.15) is 23.2 Å². The normalized spacial score (nSPS) is 10.5. The first-order chi connectivity index (χ1) is 15.9. The number of nitrogens with one attached hydrogen (secondary N) is 2. The third-order valence-corrected chi connectivity index (χ3v) is 4.53. The van der Waals surface area contributed by atoms with Crippen molar-refractivity contribution < 1.29 is 18.3 Å². The second kappa shape index (κ2) is 9.45. The number of carbonyl (C=O) groups is 1. The monoisotopic (exact) mass is 468 g/mol. The molecule has 0 radical (unpaired) electrons. The van der Waals surface area contributed by atoms with Gasteiger partial charge in [-0.1, -0.05) is 23.7 Å². The first-order valence-electron chi connectivity index (χ1n) is 9.42. The maximum atomic E-state index is 13.6. The first kappa shape index (κ1) is 21.9. The number of anilines is 3. The summed E-state index contributed by atoms with van der Waals surface area (Å²) in [5.74, 6) is -0.823. The predicted octanol–water partition coefficient (Wildman–Crippen LogP) is 5.49. The highest BCUT2D eigenvalue weighted by Crippen LogP contribution is 2.29. The molecule has 0 saturated carbocycles. The Morgan fingerprint density at radius 3 is 2.36 bits per heavy atom. The zero-order chi connectivity index (χ0) is 23.4. The standard InChI is InChI=1S/C22H15ClF2N6O2/c23-13-7-17(20(26)27-9-13)12-1-4-16(5-2-12)33-22-28-10-15(11-29-22)30-21(32)31-19-6-3-14(24)8-18(19)25/h1-11H,(H2,26,27)(H2,30,31,32). The fourth-order valence-electron chi connectivity index (χ4n) is 2.80. The quantitative estimate of drug-likeness (QED) is 0.357. The molecule has 11 heteroatoms. The number of rotatable bonds is 5. The summed E-state index contributed by atoms with van der Waals surface area (Å²) in [6.07, 6.45) is 4.10. The van der Waals surface area contributed by atoms with Gasteiger partial charge in [-0.2, -0.15) is 0 Å². The van der Waals surface area contributed by atoms with Gasteiger partial charge < -0.3 is 21.1 Å². The predicted molar refractivity (Wildman–Crippen MR) is 120 cm³/mol. The molecule has 0 spiro atoms. The van der Waals surface area contributed by atoms with Crippen molar-refractivity contribution in [2.75, 3.05) is 16.4 Å². The third-order valence-electron chi connectivity index (χ3n) is 4.32. The molecule has 2 aromatic carbocycles. The Balaban J connectivity index is 1.37. The molecule has 0 aliphatic rings. The molecule has 0 aliphatic heterocycles. The van der Waals surface area contributed by atoms with Gasteiger partial charge in [0.05, 0.1) is 28.8 Å². The fourth-order valence-corrected chi connectivity index (χ4v) is 2.96. The molecule has 33 heavy (non-hydrogen) atoms. The molecule has 4 aromatic rings. The van der Waals surface area contributed by atoms with E-state index in [0.29, 0.717) is 28.2 Å². The summed E-state index contributed by atoms with van der Waals surface area (Å²) in [6.45, 7) is 0. The summed E-state index contributed by atoms with van der Waals surface area (Å²) in [7, 11) is 0. The molecule has 4 N–H and O–H groups in total. The Morgan fingerprint density at radius 2 is 1.67 bits per heavy atom. The summed E-state index contributed by atoms with van der Waals surface area (Å²) in [4.78, 5) is 24.1. The van der Waals surface area contributed by atoms with Gasteiger partial charge in [-0.15, -0.1) is 0 Å². The Kier molecular flexibility index (Phi) is 6.27. The zero-order valence-electron chi connectivity index (χ0n) is 16.7. The fraction of sp³-hybridized carbons (Fsp3) is 0. The van der Waals surface area contributed by atoms with E-state index in [2.05, 4.69) is 25.6 Å². The van der Waals surface area contributed by atoms with Crippen molar-refractivity contribution in [1.29, 1.82) is 0 Å². The van der Waals surface area contributed by atoms with Gasteiger partial charge in [-0.25, -0.2) is 28.5 Å². The Bertz CT molecular complexity index is 1300. The van der Waals surface area contributed by atoms with E-state index in [-0.39, 0.29) is 17.4 Å². The molecule has 0 unspecified atom stereocenters. The number of hydrogen-bond donors (Lipinski definition) is 3. The summed E-state index contributed by atoms with van der Waals surface area (Å²) >= 11 is 5.98. The van der Waals surface area contributed by atoms with E-state index >= 15 is 0 Å². The average molecular weight is 469 g/mol. The number of hydrogen-bond acceptors (Lipinski definition) is 6. The van der Waals surface area contributed by atoms with Gasteiger partial charge in [0.15, 0.2) is 0 Å². The van der Waals surface area contributed by atoms with Crippen molar-refractivity contribution in [3.05, 3.63) is 83.8 Å². The van der Waals surface area contributed by atoms with Crippen LogP contribution in [0.25, 0.3) is 11.1 Å². The van der Waals surface area contributed by atoms with Crippen LogP contribution in [0.5, 0.6) is 11.8 Å². The van der Waals surface area contributed by atoms with Crippen LogP contribution in [0.3, 0.4) is 0 Å². The molecular weight excluding hydrogens is 454 g/mol. The van der Waals surface area contributed by atoms with Crippen molar-refractivity contribution >= 4 is 34.8 Å². The first-order valence-corrected chi connectivity index (χ1v) is 9.79. The Labute approximate surface area is 191 Å². The number of pyridine rings is 1. The van der Waals surface area contributed by atoms with Gasteiger partial charge >= 0.3 is 12.0 Å². The van der Waals surface area contributed by atoms with Crippen molar-refractivity contribution in [2.24, 2.45) is 0 Å². The van der Waals surface area contributed by atoms with Crippen LogP contribution in [0, 0.1) is 11.6 Å². The lowest BCUT2D eigenvalue weighted by Gasteiger charge is -2.09. The number of nitrogens with two attached hydrogens (primary N) is 1. The summed E-state index contributed by atoms with van der Waals surface area (Å²) in [5.41, 5.74) is 7.46. The largest absolute Gasteiger partial charge is 0.424 e.